The Morgan fingerprint density at radius 3 is 2.34 bits per heavy atom. The Morgan fingerprint density at radius 1 is 0.897 bits per heavy atom. The first-order valence-corrected chi connectivity index (χ1v) is 9.62. The molecule has 0 atom stereocenters. The second kappa shape index (κ2) is 7.91. The zero-order valence-corrected chi connectivity index (χ0v) is 16.2. The third-order valence-corrected chi connectivity index (χ3v) is 5.30. The number of aryl methyl sites for hydroxylation is 1. The van der Waals surface area contributed by atoms with Crippen LogP contribution in [0, 0.1) is 12.7 Å². The van der Waals surface area contributed by atoms with E-state index in [0.29, 0.717) is 37.3 Å². The first-order valence-electron chi connectivity index (χ1n) is 9.62. The summed E-state index contributed by atoms with van der Waals surface area (Å²) >= 11 is 0. The number of nitrogens with zero attached hydrogens (tertiary/aromatic N) is 2. The maximum atomic E-state index is 13.8. The van der Waals surface area contributed by atoms with Crippen LogP contribution in [-0.2, 0) is 0 Å². The van der Waals surface area contributed by atoms with E-state index in [9.17, 15) is 14.0 Å². The van der Waals surface area contributed by atoms with Gasteiger partial charge in [-0.3, -0.25) is 4.79 Å². The van der Waals surface area contributed by atoms with Gasteiger partial charge in [0.2, 0.25) is 0 Å². The predicted octanol–water partition coefficient (Wildman–Crippen LogP) is 4.28. The Hall–Kier alpha value is -3.41. The molecule has 0 bridgehead atoms. The van der Waals surface area contributed by atoms with Crippen LogP contribution in [0.4, 0.5) is 14.9 Å². The molecule has 1 fully saturated rings. The van der Waals surface area contributed by atoms with Gasteiger partial charge >= 0.3 is 6.03 Å². The van der Waals surface area contributed by atoms with Crippen molar-refractivity contribution in [2.45, 2.75) is 6.92 Å². The van der Waals surface area contributed by atoms with Gasteiger partial charge in [-0.1, -0.05) is 42.5 Å². The number of rotatable bonds is 2. The number of benzene rings is 3. The van der Waals surface area contributed by atoms with E-state index in [0.717, 1.165) is 16.5 Å². The Balaban J connectivity index is 1.39. The molecule has 0 unspecified atom stereocenters. The minimum Gasteiger partial charge on any atom is -0.335 e. The molecule has 0 aliphatic carbocycles. The highest BCUT2D eigenvalue weighted by molar-refractivity contribution is 6.01. The van der Waals surface area contributed by atoms with Crippen LogP contribution in [-0.4, -0.2) is 47.9 Å². The Kier molecular flexibility index (Phi) is 5.16. The van der Waals surface area contributed by atoms with Crippen LogP contribution in [0.3, 0.4) is 0 Å². The quantitative estimate of drug-likeness (QED) is 0.709. The maximum Gasteiger partial charge on any atom is 0.321 e. The number of piperazine rings is 1. The van der Waals surface area contributed by atoms with Gasteiger partial charge in [0.25, 0.3) is 5.91 Å². The van der Waals surface area contributed by atoms with Crippen LogP contribution in [0.1, 0.15) is 15.9 Å². The van der Waals surface area contributed by atoms with E-state index < -0.39 is 0 Å². The third-order valence-electron chi connectivity index (χ3n) is 5.30. The van der Waals surface area contributed by atoms with Gasteiger partial charge in [0.1, 0.15) is 5.82 Å². The van der Waals surface area contributed by atoms with Gasteiger partial charge in [0, 0.05) is 37.1 Å². The number of anilines is 1. The van der Waals surface area contributed by atoms with Gasteiger partial charge in [-0.2, -0.15) is 0 Å². The first-order chi connectivity index (χ1) is 14.0. The number of hydrogen-bond donors (Lipinski definition) is 1. The molecular formula is C23H22FN3O2. The van der Waals surface area contributed by atoms with Crippen molar-refractivity contribution in [3.05, 3.63) is 77.6 Å². The lowest BCUT2D eigenvalue weighted by molar-refractivity contribution is 0.0671. The van der Waals surface area contributed by atoms with E-state index >= 15 is 0 Å². The normalized spacial score (nSPS) is 14.1. The summed E-state index contributed by atoms with van der Waals surface area (Å²) in [5.41, 5.74) is 1.61. The fraction of sp³-hybridized carbons (Fsp3) is 0.217. The minimum absolute atomic E-state index is 0.185. The van der Waals surface area contributed by atoms with E-state index in [4.69, 9.17) is 0 Å². The van der Waals surface area contributed by atoms with Gasteiger partial charge in [-0.05, 0) is 36.1 Å². The van der Waals surface area contributed by atoms with Crippen molar-refractivity contribution >= 4 is 28.4 Å². The van der Waals surface area contributed by atoms with Crippen molar-refractivity contribution < 1.29 is 14.0 Å². The molecular weight excluding hydrogens is 369 g/mol. The average Bonchev–Trinajstić information content (AvgIpc) is 2.75. The highest BCUT2D eigenvalue weighted by Crippen LogP contribution is 2.23. The van der Waals surface area contributed by atoms with Crippen molar-refractivity contribution in [1.29, 1.82) is 0 Å². The van der Waals surface area contributed by atoms with Gasteiger partial charge in [-0.25, -0.2) is 9.18 Å². The Morgan fingerprint density at radius 2 is 1.59 bits per heavy atom. The van der Waals surface area contributed by atoms with E-state index in [1.54, 1.807) is 28.9 Å². The number of hydrogen-bond acceptors (Lipinski definition) is 2. The summed E-state index contributed by atoms with van der Waals surface area (Å²) in [6.45, 7) is 3.35. The van der Waals surface area contributed by atoms with Crippen LogP contribution in [0.25, 0.3) is 10.8 Å². The number of urea groups is 1. The number of halogens is 1. The molecule has 29 heavy (non-hydrogen) atoms. The van der Waals surface area contributed by atoms with Crippen molar-refractivity contribution in [2.24, 2.45) is 0 Å². The van der Waals surface area contributed by atoms with Crippen molar-refractivity contribution in [3.8, 4) is 0 Å². The highest BCUT2D eigenvalue weighted by Gasteiger charge is 2.25. The maximum absolute atomic E-state index is 13.8. The first kappa shape index (κ1) is 18.9. The van der Waals surface area contributed by atoms with Gasteiger partial charge in [-0.15, -0.1) is 0 Å². The molecule has 1 aliphatic rings. The van der Waals surface area contributed by atoms with E-state index in [2.05, 4.69) is 5.32 Å². The summed E-state index contributed by atoms with van der Waals surface area (Å²) in [4.78, 5) is 28.7. The van der Waals surface area contributed by atoms with Crippen molar-refractivity contribution in [3.63, 3.8) is 0 Å². The summed E-state index contributed by atoms with van der Waals surface area (Å²) < 4.78 is 13.8. The third kappa shape index (κ3) is 3.92. The average molecular weight is 391 g/mol. The summed E-state index contributed by atoms with van der Waals surface area (Å²) in [5, 5.41) is 5.02. The molecule has 0 spiro atoms. The number of fused-ring (bicyclic) bond motifs is 1. The fourth-order valence-corrected chi connectivity index (χ4v) is 3.55. The highest BCUT2D eigenvalue weighted by atomic mass is 19.1. The predicted molar refractivity (Wildman–Crippen MR) is 112 cm³/mol. The summed E-state index contributed by atoms with van der Waals surface area (Å²) in [6, 6.07) is 18.0. The molecule has 1 heterocycles. The molecule has 0 aromatic heterocycles. The van der Waals surface area contributed by atoms with Gasteiger partial charge in [0.15, 0.2) is 0 Å². The molecule has 0 saturated carbocycles. The molecule has 3 aromatic rings. The van der Waals surface area contributed by atoms with E-state index in [1.807, 2.05) is 42.5 Å². The molecule has 148 valence electrons. The zero-order chi connectivity index (χ0) is 20.4. The summed E-state index contributed by atoms with van der Waals surface area (Å²) in [6.07, 6.45) is 0. The second-order valence-electron chi connectivity index (χ2n) is 7.20. The van der Waals surface area contributed by atoms with Crippen LogP contribution >= 0.6 is 0 Å². The molecule has 3 aromatic carbocycles. The monoisotopic (exact) mass is 391 g/mol. The second-order valence-corrected chi connectivity index (χ2v) is 7.20. The minimum atomic E-state index is -0.385. The standard InChI is InChI=1S/C23H22FN3O2/c1-16-9-10-18(15-20(16)24)22(28)26-11-13-27(14-12-26)23(29)25-21-8-4-6-17-5-2-3-7-19(17)21/h2-10,15H,11-14H2,1H3,(H,25,29). The molecule has 1 aliphatic heterocycles. The van der Waals surface area contributed by atoms with Crippen molar-refractivity contribution in [1.82, 2.24) is 9.80 Å². The molecule has 6 heteroatoms. The van der Waals surface area contributed by atoms with Gasteiger partial charge in [0.05, 0.1) is 5.69 Å². The largest absolute Gasteiger partial charge is 0.335 e. The SMILES string of the molecule is Cc1ccc(C(=O)N2CCN(C(=O)Nc3cccc4ccccc34)CC2)cc1F. The van der Waals surface area contributed by atoms with Crippen molar-refractivity contribution in [2.75, 3.05) is 31.5 Å². The van der Waals surface area contributed by atoms with Crippen LogP contribution in [0.2, 0.25) is 0 Å². The molecule has 5 nitrogen and oxygen atoms in total. The topological polar surface area (TPSA) is 52.7 Å². The smallest absolute Gasteiger partial charge is 0.321 e. The summed E-state index contributed by atoms with van der Waals surface area (Å²) in [5.74, 6) is -0.595. The molecule has 1 saturated heterocycles. The number of carbonyl (C=O) groups is 2. The molecule has 1 N–H and O–H groups in total. The fourth-order valence-electron chi connectivity index (χ4n) is 3.55. The van der Waals surface area contributed by atoms with Crippen LogP contribution < -0.4 is 5.32 Å². The number of nitrogens with one attached hydrogen (secondary N) is 1. The van der Waals surface area contributed by atoms with Crippen LogP contribution in [0.5, 0.6) is 0 Å². The van der Waals surface area contributed by atoms with Gasteiger partial charge < -0.3 is 15.1 Å². The number of amides is 3. The lowest BCUT2D eigenvalue weighted by Crippen LogP contribution is -2.51. The molecule has 0 radical (unpaired) electrons. The molecule has 4 rings (SSSR count). The molecule has 3 amide bonds. The number of carbonyl (C=O) groups excluding carboxylic acids is 2. The van der Waals surface area contributed by atoms with Crippen LogP contribution in [0.15, 0.2) is 60.7 Å². The van der Waals surface area contributed by atoms with E-state index in [-0.39, 0.29) is 17.8 Å². The van der Waals surface area contributed by atoms with E-state index in [1.165, 1.54) is 6.07 Å². The summed E-state index contributed by atoms with van der Waals surface area (Å²) in [7, 11) is 0. The zero-order valence-electron chi connectivity index (χ0n) is 16.2. The lowest BCUT2D eigenvalue weighted by atomic mass is 10.1. The Bertz CT molecular complexity index is 1070. The lowest BCUT2D eigenvalue weighted by Gasteiger charge is -2.34. The Labute approximate surface area is 168 Å².